The minimum Gasteiger partial charge on any atom is -0.497 e. The van der Waals surface area contributed by atoms with Gasteiger partial charge in [0.2, 0.25) is 5.75 Å². The third kappa shape index (κ3) is 5.65. The fourth-order valence-corrected chi connectivity index (χ4v) is 4.19. The number of methoxy groups -OCH3 is 4. The highest BCUT2D eigenvalue weighted by atomic mass is 16.5. The molecule has 1 aliphatic heterocycles. The lowest BCUT2D eigenvalue weighted by Gasteiger charge is -2.31. The molecule has 0 radical (unpaired) electrons. The molecule has 1 aliphatic rings. The van der Waals surface area contributed by atoms with E-state index in [-0.39, 0.29) is 11.9 Å². The first kappa shape index (κ1) is 23.7. The summed E-state index contributed by atoms with van der Waals surface area (Å²) in [4.78, 5) is 15.5. The molecule has 3 rings (SSSR count). The van der Waals surface area contributed by atoms with Gasteiger partial charge in [-0.3, -0.25) is 9.69 Å². The Hall–Kier alpha value is -2.93. The number of carbonyl (C=O) groups excluding carboxylic acids is 1. The Bertz CT molecular complexity index is 851. The molecule has 7 heteroatoms. The van der Waals surface area contributed by atoms with Gasteiger partial charge in [-0.25, -0.2) is 0 Å². The third-order valence-corrected chi connectivity index (χ3v) is 5.96. The van der Waals surface area contributed by atoms with Gasteiger partial charge in [-0.15, -0.1) is 0 Å². The van der Waals surface area contributed by atoms with E-state index in [1.54, 1.807) is 26.4 Å². The lowest BCUT2D eigenvalue weighted by Crippen LogP contribution is -2.38. The summed E-state index contributed by atoms with van der Waals surface area (Å²) in [5, 5.41) is 3.12. The number of hydrogen-bond donors (Lipinski definition) is 1. The molecule has 0 aromatic heterocycles. The average molecular weight is 443 g/mol. The second kappa shape index (κ2) is 11.6. The van der Waals surface area contributed by atoms with Gasteiger partial charge in [-0.2, -0.15) is 0 Å². The summed E-state index contributed by atoms with van der Waals surface area (Å²) in [5.74, 6) is 2.02. The minimum atomic E-state index is -0.183. The van der Waals surface area contributed by atoms with E-state index in [1.807, 2.05) is 12.1 Å². The van der Waals surface area contributed by atoms with Crippen LogP contribution in [0.3, 0.4) is 0 Å². The van der Waals surface area contributed by atoms with Gasteiger partial charge in [0.15, 0.2) is 11.5 Å². The zero-order chi connectivity index (χ0) is 22.9. The quantitative estimate of drug-likeness (QED) is 0.631. The van der Waals surface area contributed by atoms with Crippen molar-refractivity contribution in [3.63, 3.8) is 0 Å². The molecular weight excluding hydrogens is 408 g/mol. The standard InChI is InChI=1S/C25H34N2O5/c1-29-20-11-9-18(10-12-20)21(27-13-7-5-6-8-14-27)17-26-25(28)19-15-22(30-2)24(32-4)23(16-19)31-3/h9-12,15-16,21H,5-8,13-14,17H2,1-4H3,(H,26,28)/t21-/m0/s1. The van der Waals surface area contributed by atoms with Crippen LogP contribution >= 0.6 is 0 Å². The van der Waals surface area contributed by atoms with Gasteiger partial charge >= 0.3 is 0 Å². The van der Waals surface area contributed by atoms with Crippen LogP contribution in [0.25, 0.3) is 0 Å². The van der Waals surface area contributed by atoms with Crippen LogP contribution in [0.4, 0.5) is 0 Å². The Kier molecular flexibility index (Phi) is 8.62. The Morgan fingerprint density at radius 1 is 0.875 bits per heavy atom. The van der Waals surface area contributed by atoms with Crippen molar-refractivity contribution in [3.05, 3.63) is 47.5 Å². The highest BCUT2D eigenvalue weighted by Crippen LogP contribution is 2.38. The molecule has 7 nitrogen and oxygen atoms in total. The molecule has 2 aromatic carbocycles. The Morgan fingerprint density at radius 3 is 1.97 bits per heavy atom. The molecule has 1 saturated heterocycles. The van der Waals surface area contributed by atoms with Crippen molar-refractivity contribution >= 4 is 5.91 Å². The molecule has 1 atom stereocenters. The zero-order valence-electron chi connectivity index (χ0n) is 19.5. The van der Waals surface area contributed by atoms with Crippen LogP contribution in [0.15, 0.2) is 36.4 Å². The fourth-order valence-electron chi connectivity index (χ4n) is 4.19. The van der Waals surface area contributed by atoms with Crippen molar-refractivity contribution in [2.45, 2.75) is 31.7 Å². The molecule has 32 heavy (non-hydrogen) atoms. The number of nitrogens with zero attached hydrogens (tertiary/aromatic N) is 1. The summed E-state index contributed by atoms with van der Waals surface area (Å²) in [7, 11) is 6.29. The van der Waals surface area contributed by atoms with E-state index in [0.717, 1.165) is 24.4 Å². The maximum Gasteiger partial charge on any atom is 0.251 e. The minimum absolute atomic E-state index is 0.0880. The van der Waals surface area contributed by atoms with Crippen molar-refractivity contribution in [3.8, 4) is 23.0 Å². The molecule has 0 aliphatic carbocycles. The van der Waals surface area contributed by atoms with Gasteiger partial charge in [0.05, 0.1) is 34.5 Å². The number of likely N-dealkylation sites (tertiary alicyclic amines) is 1. The highest BCUT2D eigenvalue weighted by Gasteiger charge is 2.23. The van der Waals surface area contributed by atoms with Crippen LogP contribution in [-0.4, -0.2) is 58.9 Å². The maximum absolute atomic E-state index is 13.1. The summed E-state index contributed by atoms with van der Waals surface area (Å²) in [5.41, 5.74) is 1.63. The van der Waals surface area contributed by atoms with Crippen LogP contribution in [0, 0.1) is 0 Å². The molecule has 174 valence electrons. The third-order valence-electron chi connectivity index (χ3n) is 5.96. The monoisotopic (exact) mass is 442 g/mol. The summed E-state index contributed by atoms with van der Waals surface area (Å²) >= 11 is 0. The van der Waals surface area contributed by atoms with Crippen molar-refractivity contribution < 1.29 is 23.7 Å². The van der Waals surface area contributed by atoms with Crippen molar-refractivity contribution in [2.75, 3.05) is 48.1 Å². The predicted octanol–water partition coefficient (Wildman–Crippen LogP) is 4.07. The van der Waals surface area contributed by atoms with E-state index in [0.29, 0.717) is 29.4 Å². The first-order valence-corrected chi connectivity index (χ1v) is 11.1. The SMILES string of the molecule is COc1ccc([C@H](CNC(=O)c2cc(OC)c(OC)c(OC)c2)N2CCCCCC2)cc1. The smallest absolute Gasteiger partial charge is 0.251 e. The highest BCUT2D eigenvalue weighted by molar-refractivity contribution is 5.95. The molecule has 0 bridgehead atoms. The molecule has 0 spiro atoms. The largest absolute Gasteiger partial charge is 0.497 e. The zero-order valence-corrected chi connectivity index (χ0v) is 19.5. The number of amides is 1. The van der Waals surface area contributed by atoms with E-state index in [9.17, 15) is 4.79 Å². The average Bonchev–Trinajstić information content (AvgIpc) is 3.13. The molecule has 1 fully saturated rings. The Labute approximate surface area is 190 Å². The number of benzene rings is 2. The van der Waals surface area contributed by atoms with Crippen molar-refractivity contribution in [1.82, 2.24) is 10.2 Å². The molecule has 2 aromatic rings. The van der Waals surface area contributed by atoms with Crippen LogP contribution < -0.4 is 24.3 Å². The molecular formula is C25H34N2O5. The first-order chi connectivity index (χ1) is 15.6. The lowest BCUT2D eigenvalue weighted by atomic mass is 10.0. The summed E-state index contributed by atoms with van der Waals surface area (Å²) in [6, 6.07) is 11.5. The van der Waals surface area contributed by atoms with Gasteiger partial charge in [0.1, 0.15) is 5.75 Å². The lowest BCUT2D eigenvalue weighted by molar-refractivity contribution is 0.0932. The number of carbonyl (C=O) groups is 1. The van der Waals surface area contributed by atoms with Gasteiger partial charge < -0.3 is 24.3 Å². The number of nitrogens with one attached hydrogen (secondary N) is 1. The predicted molar refractivity (Wildman–Crippen MR) is 124 cm³/mol. The van der Waals surface area contributed by atoms with Crippen molar-refractivity contribution in [1.29, 1.82) is 0 Å². The van der Waals surface area contributed by atoms with Gasteiger partial charge in [0, 0.05) is 12.1 Å². The van der Waals surface area contributed by atoms with E-state index in [2.05, 4.69) is 22.3 Å². The molecule has 0 saturated carbocycles. The normalized spacial score (nSPS) is 15.4. The number of hydrogen-bond acceptors (Lipinski definition) is 6. The summed E-state index contributed by atoms with van der Waals surface area (Å²) in [6.07, 6.45) is 4.86. The Morgan fingerprint density at radius 2 is 1.47 bits per heavy atom. The molecule has 1 N–H and O–H groups in total. The van der Waals surface area contributed by atoms with E-state index in [4.69, 9.17) is 18.9 Å². The molecule has 1 amide bonds. The van der Waals surface area contributed by atoms with Crippen molar-refractivity contribution in [2.24, 2.45) is 0 Å². The molecule has 1 heterocycles. The van der Waals surface area contributed by atoms with E-state index >= 15 is 0 Å². The van der Waals surface area contributed by atoms with E-state index < -0.39 is 0 Å². The second-order valence-corrected chi connectivity index (χ2v) is 7.86. The Balaban J connectivity index is 1.81. The summed E-state index contributed by atoms with van der Waals surface area (Å²) < 4.78 is 21.5. The molecule has 0 unspecified atom stereocenters. The first-order valence-electron chi connectivity index (χ1n) is 11.1. The van der Waals surface area contributed by atoms with Crippen LogP contribution in [0.5, 0.6) is 23.0 Å². The van der Waals surface area contributed by atoms with Gasteiger partial charge in [-0.05, 0) is 55.8 Å². The van der Waals surface area contributed by atoms with E-state index in [1.165, 1.54) is 39.9 Å². The van der Waals surface area contributed by atoms with Crippen LogP contribution in [-0.2, 0) is 0 Å². The number of rotatable bonds is 9. The van der Waals surface area contributed by atoms with Gasteiger partial charge in [0.25, 0.3) is 5.91 Å². The number of ether oxygens (including phenoxy) is 4. The topological polar surface area (TPSA) is 69.3 Å². The summed E-state index contributed by atoms with van der Waals surface area (Å²) in [6.45, 7) is 2.55. The maximum atomic E-state index is 13.1. The fraction of sp³-hybridized carbons (Fsp3) is 0.480. The van der Waals surface area contributed by atoms with Crippen LogP contribution in [0.2, 0.25) is 0 Å². The van der Waals surface area contributed by atoms with Crippen LogP contribution in [0.1, 0.15) is 47.6 Å². The van der Waals surface area contributed by atoms with Gasteiger partial charge in [-0.1, -0.05) is 25.0 Å². The second-order valence-electron chi connectivity index (χ2n) is 7.86.